The molecule has 0 bridgehead atoms. The number of halogens is 1. The Bertz CT molecular complexity index is 468. The number of aromatic carboxylic acids is 1. The first kappa shape index (κ1) is 15.2. The molecule has 110 valence electrons. The van der Waals surface area contributed by atoms with Crippen LogP contribution in [0, 0.1) is 11.8 Å². The highest BCUT2D eigenvalue weighted by Crippen LogP contribution is 2.31. The zero-order chi connectivity index (χ0) is 14.5. The van der Waals surface area contributed by atoms with Crippen LogP contribution in [0.1, 0.15) is 49.4 Å². The van der Waals surface area contributed by atoms with E-state index in [0.717, 1.165) is 12.5 Å². The van der Waals surface area contributed by atoms with E-state index in [1.54, 1.807) is 12.1 Å². The fraction of sp³-hybridized carbons (Fsp3) is 0.562. The molecule has 1 saturated carbocycles. The quantitative estimate of drug-likeness (QED) is 0.830. The van der Waals surface area contributed by atoms with Crippen LogP contribution in [0.25, 0.3) is 0 Å². The molecule has 1 aromatic carbocycles. The molecule has 1 fully saturated rings. The Morgan fingerprint density at radius 3 is 2.55 bits per heavy atom. The molecular weight excluding hydrogens is 274 g/mol. The van der Waals surface area contributed by atoms with Gasteiger partial charge in [0.25, 0.3) is 0 Å². The number of benzene rings is 1. The smallest absolute Gasteiger partial charge is 0.337 e. The van der Waals surface area contributed by atoms with Crippen molar-refractivity contribution in [2.45, 2.75) is 39.0 Å². The summed E-state index contributed by atoms with van der Waals surface area (Å²) in [6, 6.07) is 4.98. The zero-order valence-electron chi connectivity index (χ0n) is 11.9. The van der Waals surface area contributed by atoms with Gasteiger partial charge in [-0.05, 0) is 42.9 Å². The van der Waals surface area contributed by atoms with Gasteiger partial charge < -0.3 is 10.4 Å². The van der Waals surface area contributed by atoms with Gasteiger partial charge in [0.2, 0.25) is 0 Å². The van der Waals surface area contributed by atoms with Gasteiger partial charge in [-0.1, -0.05) is 37.8 Å². The maximum Gasteiger partial charge on any atom is 0.337 e. The van der Waals surface area contributed by atoms with E-state index < -0.39 is 5.97 Å². The number of carbonyl (C=O) groups is 1. The van der Waals surface area contributed by atoms with Gasteiger partial charge in [0.05, 0.1) is 5.56 Å². The molecule has 2 N–H and O–H groups in total. The maximum absolute atomic E-state index is 11.2. The van der Waals surface area contributed by atoms with Crippen LogP contribution < -0.4 is 5.32 Å². The molecule has 3 nitrogen and oxygen atoms in total. The molecule has 20 heavy (non-hydrogen) atoms. The highest BCUT2D eigenvalue weighted by molar-refractivity contribution is 6.31. The maximum atomic E-state index is 11.2. The predicted molar refractivity (Wildman–Crippen MR) is 82.6 cm³/mol. The first-order valence-corrected chi connectivity index (χ1v) is 7.74. The Hall–Kier alpha value is -1.22. The summed E-state index contributed by atoms with van der Waals surface area (Å²) >= 11 is 5.85. The minimum absolute atomic E-state index is 0.250. The van der Waals surface area contributed by atoms with Crippen LogP contribution in [0.15, 0.2) is 18.2 Å². The average Bonchev–Trinajstić information content (AvgIpc) is 2.46. The molecule has 1 aliphatic carbocycles. The van der Waals surface area contributed by atoms with E-state index in [0.29, 0.717) is 16.6 Å². The molecule has 0 aliphatic heterocycles. The summed E-state index contributed by atoms with van der Waals surface area (Å²) in [5.41, 5.74) is 0.916. The van der Waals surface area contributed by atoms with Gasteiger partial charge in [0.1, 0.15) is 0 Å². The lowest BCUT2D eigenvalue weighted by Crippen LogP contribution is -2.21. The Balaban J connectivity index is 1.93. The van der Waals surface area contributed by atoms with E-state index in [1.807, 2.05) is 0 Å². The van der Waals surface area contributed by atoms with Crippen molar-refractivity contribution < 1.29 is 9.90 Å². The van der Waals surface area contributed by atoms with Gasteiger partial charge in [-0.15, -0.1) is 0 Å². The number of nitrogens with one attached hydrogen (secondary N) is 1. The van der Waals surface area contributed by atoms with Crippen molar-refractivity contribution in [3.05, 3.63) is 28.8 Å². The first-order chi connectivity index (χ1) is 9.60. The highest BCUT2D eigenvalue weighted by atomic mass is 35.5. The monoisotopic (exact) mass is 295 g/mol. The van der Waals surface area contributed by atoms with Crippen LogP contribution in [0.3, 0.4) is 0 Å². The molecule has 0 heterocycles. The third-order valence-electron chi connectivity index (χ3n) is 4.34. The van der Waals surface area contributed by atoms with Crippen molar-refractivity contribution >= 4 is 23.3 Å². The van der Waals surface area contributed by atoms with Crippen molar-refractivity contribution in [2.75, 3.05) is 11.9 Å². The summed E-state index contributed by atoms with van der Waals surface area (Å²) < 4.78 is 0. The second-order valence-electron chi connectivity index (χ2n) is 5.67. The Kier molecular flexibility index (Phi) is 5.30. The number of hydrogen-bond acceptors (Lipinski definition) is 2. The second kappa shape index (κ2) is 6.98. The molecule has 2 rings (SSSR count). The standard InChI is InChI=1S/C16H22ClNO2/c1-2-11-3-5-12(6-4-11)10-18-15-8-7-13(17)9-14(15)16(19)20/h7-9,11-12,18H,2-6,10H2,1H3,(H,19,20). The zero-order valence-corrected chi connectivity index (χ0v) is 12.6. The highest BCUT2D eigenvalue weighted by Gasteiger charge is 2.20. The lowest BCUT2D eigenvalue weighted by Gasteiger charge is -2.28. The lowest BCUT2D eigenvalue weighted by atomic mass is 9.81. The van der Waals surface area contributed by atoms with Gasteiger partial charge in [-0.2, -0.15) is 0 Å². The molecule has 4 heteroatoms. The van der Waals surface area contributed by atoms with Crippen LogP contribution in [0.5, 0.6) is 0 Å². The number of anilines is 1. The summed E-state index contributed by atoms with van der Waals surface area (Å²) in [6.45, 7) is 3.11. The van der Waals surface area contributed by atoms with Gasteiger partial charge in [0, 0.05) is 17.3 Å². The molecule has 0 aromatic heterocycles. The first-order valence-electron chi connectivity index (χ1n) is 7.36. The Morgan fingerprint density at radius 1 is 1.30 bits per heavy atom. The number of hydrogen-bond donors (Lipinski definition) is 2. The third kappa shape index (κ3) is 3.89. The summed E-state index contributed by atoms with van der Waals surface area (Å²) in [6.07, 6.45) is 6.36. The molecule has 0 saturated heterocycles. The van der Waals surface area contributed by atoms with Gasteiger partial charge >= 0.3 is 5.97 Å². The molecule has 1 aliphatic rings. The number of rotatable bonds is 5. The summed E-state index contributed by atoms with van der Waals surface area (Å²) in [5, 5.41) is 12.9. The van der Waals surface area contributed by atoms with Gasteiger partial charge in [0.15, 0.2) is 0 Å². The van der Waals surface area contributed by atoms with Crippen molar-refractivity contribution in [2.24, 2.45) is 11.8 Å². The Morgan fingerprint density at radius 2 is 1.95 bits per heavy atom. The lowest BCUT2D eigenvalue weighted by molar-refractivity contribution is 0.0698. The van der Waals surface area contributed by atoms with Crippen molar-refractivity contribution in [1.82, 2.24) is 0 Å². The summed E-state index contributed by atoms with van der Waals surface area (Å²) in [4.78, 5) is 11.2. The number of carboxylic acids is 1. The SMILES string of the molecule is CCC1CCC(CNc2ccc(Cl)cc2C(=O)O)CC1. The van der Waals surface area contributed by atoms with Crippen molar-refractivity contribution in [1.29, 1.82) is 0 Å². The molecule has 1 aromatic rings. The van der Waals surface area contributed by atoms with E-state index in [2.05, 4.69) is 12.2 Å². The van der Waals surface area contributed by atoms with Crippen LogP contribution in [-0.4, -0.2) is 17.6 Å². The summed E-state index contributed by atoms with van der Waals surface area (Å²) in [5.74, 6) is 0.594. The predicted octanol–water partition coefficient (Wildman–Crippen LogP) is 4.67. The van der Waals surface area contributed by atoms with Crippen molar-refractivity contribution in [3.63, 3.8) is 0 Å². The fourth-order valence-corrected chi connectivity index (χ4v) is 3.12. The molecule has 0 atom stereocenters. The van der Waals surface area contributed by atoms with Gasteiger partial charge in [-0.25, -0.2) is 4.79 Å². The third-order valence-corrected chi connectivity index (χ3v) is 4.57. The Labute approximate surface area is 125 Å². The van der Waals surface area contributed by atoms with Crippen LogP contribution in [0.4, 0.5) is 5.69 Å². The largest absolute Gasteiger partial charge is 0.478 e. The fourth-order valence-electron chi connectivity index (χ4n) is 2.95. The molecule has 0 amide bonds. The number of carboxylic acid groups (broad SMARTS) is 1. The van der Waals surface area contributed by atoms with Crippen LogP contribution in [-0.2, 0) is 0 Å². The molecular formula is C16H22ClNO2. The van der Waals surface area contributed by atoms with E-state index in [4.69, 9.17) is 11.6 Å². The van der Waals surface area contributed by atoms with Gasteiger partial charge in [-0.3, -0.25) is 0 Å². The van der Waals surface area contributed by atoms with Crippen LogP contribution in [0.2, 0.25) is 5.02 Å². The van der Waals surface area contributed by atoms with Crippen LogP contribution >= 0.6 is 11.6 Å². The minimum atomic E-state index is -0.940. The van der Waals surface area contributed by atoms with E-state index in [1.165, 1.54) is 38.2 Å². The minimum Gasteiger partial charge on any atom is -0.478 e. The van der Waals surface area contributed by atoms with Crippen molar-refractivity contribution in [3.8, 4) is 0 Å². The molecule has 0 unspecified atom stereocenters. The van der Waals surface area contributed by atoms with E-state index >= 15 is 0 Å². The second-order valence-corrected chi connectivity index (χ2v) is 6.11. The average molecular weight is 296 g/mol. The normalized spacial score (nSPS) is 22.5. The van der Waals surface area contributed by atoms with E-state index in [9.17, 15) is 9.90 Å². The molecule has 0 radical (unpaired) electrons. The van der Waals surface area contributed by atoms with E-state index in [-0.39, 0.29) is 5.56 Å². The topological polar surface area (TPSA) is 49.3 Å². The molecule has 0 spiro atoms. The summed E-state index contributed by atoms with van der Waals surface area (Å²) in [7, 11) is 0.